The minimum Gasteiger partial charge on any atom is -0.463 e. The van der Waals surface area contributed by atoms with Crippen LogP contribution in [0.3, 0.4) is 0 Å². The fraction of sp³-hybridized carbons (Fsp3) is 0.750. The molecule has 0 fully saturated rings. The lowest BCUT2D eigenvalue weighted by atomic mass is 9.87. The van der Waals surface area contributed by atoms with E-state index in [4.69, 9.17) is 4.74 Å². The lowest BCUT2D eigenvalue weighted by molar-refractivity contribution is -0.150. The minimum atomic E-state index is -0.0246. The van der Waals surface area contributed by atoms with E-state index in [1.165, 1.54) is 11.1 Å². The minimum absolute atomic E-state index is 0.0225. The molecule has 0 aliphatic carbocycles. The Bertz CT molecular complexity index is 404. The summed E-state index contributed by atoms with van der Waals surface area (Å²) in [6, 6.07) is 0. The Morgan fingerprint density at radius 2 is 1.68 bits per heavy atom. The molecule has 0 aromatic heterocycles. The highest BCUT2D eigenvalue weighted by atomic mass is 16.5. The fourth-order valence-electron chi connectivity index (χ4n) is 2.94. The Morgan fingerprint density at radius 1 is 1.05 bits per heavy atom. The van der Waals surface area contributed by atoms with Crippen molar-refractivity contribution in [1.82, 2.24) is 0 Å². The van der Waals surface area contributed by atoms with Gasteiger partial charge in [0.1, 0.15) is 0 Å². The molecule has 0 amide bonds. The molecule has 2 heteroatoms. The maximum Gasteiger partial charge on any atom is 0.306 e. The topological polar surface area (TPSA) is 26.3 Å². The SMILES string of the molecule is C/C1=C/CCC(C)OC(=O)C[C@H](C(C)C)CC/C(C)=C\CC1. The molecule has 1 aliphatic rings. The first-order chi connectivity index (χ1) is 10.4. The van der Waals surface area contributed by atoms with E-state index in [9.17, 15) is 4.79 Å². The summed E-state index contributed by atoms with van der Waals surface area (Å²) >= 11 is 0. The van der Waals surface area contributed by atoms with Crippen molar-refractivity contribution in [3.63, 3.8) is 0 Å². The van der Waals surface area contributed by atoms with E-state index in [2.05, 4.69) is 39.8 Å². The van der Waals surface area contributed by atoms with Crippen molar-refractivity contribution in [3.8, 4) is 0 Å². The van der Waals surface area contributed by atoms with Gasteiger partial charge in [0.25, 0.3) is 0 Å². The Morgan fingerprint density at radius 3 is 2.36 bits per heavy atom. The highest BCUT2D eigenvalue weighted by Gasteiger charge is 2.20. The lowest BCUT2D eigenvalue weighted by Gasteiger charge is -2.21. The molecule has 0 N–H and O–H groups in total. The number of rotatable bonds is 1. The molecule has 0 spiro atoms. The molecule has 0 aromatic carbocycles. The van der Waals surface area contributed by atoms with E-state index in [0.29, 0.717) is 18.3 Å². The summed E-state index contributed by atoms with van der Waals surface area (Å²) in [5, 5.41) is 0. The molecule has 2 nitrogen and oxygen atoms in total. The predicted octanol–water partition coefficient (Wildman–Crippen LogP) is 5.83. The van der Waals surface area contributed by atoms with Crippen LogP contribution in [0.2, 0.25) is 0 Å². The van der Waals surface area contributed by atoms with E-state index in [0.717, 1.165) is 38.5 Å². The van der Waals surface area contributed by atoms with Gasteiger partial charge in [-0.15, -0.1) is 0 Å². The summed E-state index contributed by atoms with van der Waals surface area (Å²) in [7, 11) is 0. The Balaban J connectivity index is 2.74. The number of hydrogen-bond donors (Lipinski definition) is 0. The van der Waals surface area contributed by atoms with Crippen molar-refractivity contribution in [2.75, 3.05) is 0 Å². The van der Waals surface area contributed by atoms with Crippen LogP contribution in [-0.2, 0) is 9.53 Å². The highest BCUT2D eigenvalue weighted by Crippen LogP contribution is 2.25. The highest BCUT2D eigenvalue weighted by molar-refractivity contribution is 5.69. The molecule has 0 bridgehead atoms. The van der Waals surface area contributed by atoms with Crippen molar-refractivity contribution in [2.24, 2.45) is 11.8 Å². The maximum atomic E-state index is 12.1. The molecule has 0 saturated carbocycles. The average molecular weight is 306 g/mol. The van der Waals surface area contributed by atoms with Crippen LogP contribution in [0.1, 0.15) is 79.6 Å². The van der Waals surface area contributed by atoms with Gasteiger partial charge >= 0.3 is 5.97 Å². The monoisotopic (exact) mass is 306 g/mol. The molecule has 1 unspecified atom stereocenters. The summed E-state index contributed by atoms with van der Waals surface area (Å²) in [5.74, 6) is 0.923. The van der Waals surface area contributed by atoms with Crippen LogP contribution in [0, 0.1) is 11.8 Å². The quantitative estimate of drug-likeness (QED) is 0.450. The van der Waals surface area contributed by atoms with Gasteiger partial charge in [-0.05, 0) is 71.1 Å². The molecule has 0 radical (unpaired) electrons. The van der Waals surface area contributed by atoms with Crippen molar-refractivity contribution < 1.29 is 9.53 Å². The van der Waals surface area contributed by atoms with E-state index in [1.54, 1.807) is 0 Å². The lowest BCUT2D eigenvalue weighted by Crippen LogP contribution is -2.20. The second-order valence-corrected chi connectivity index (χ2v) is 7.26. The third-order valence-corrected chi connectivity index (χ3v) is 4.71. The first-order valence-corrected chi connectivity index (χ1v) is 8.89. The molecule has 0 saturated heterocycles. The van der Waals surface area contributed by atoms with Gasteiger partial charge in [-0.2, -0.15) is 0 Å². The summed E-state index contributed by atoms with van der Waals surface area (Å²) in [5.41, 5.74) is 2.90. The van der Waals surface area contributed by atoms with Crippen molar-refractivity contribution in [2.45, 2.75) is 85.7 Å². The Kier molecular flexibility index (Phi) is 8.52. The Hall–Kier alpha value is -1.05. The van der Waals surface area contributed by atoms with E-state index >= 15 is 0 Å². The van der Waals surface area contributed by atoms with E-state index < -0.39 is 0 Å². The molecule has 2 atom stereocenters. The summed E-state index contributed by atoms with van der Waals surface area (Å²) in [4.78, 5) is 12.1. The number of allylic oxidation sites excluding steroid dienone is 4. The van der Waals surface area contributed by atoms with E-state index in [-0.39, 0.29) is 12.1 Å². The van der Waals surface area contributed by atoms with Gasteiger partial charge in [0, 0.05) is 6.42 Å². The van der Waals surface area contributed by atoms with Gasteiger partial charge in [-0.25, -0.2) is 0 Å². The van der Waals surface area contributed by atoms with Crippen LogP contribution in [0.25, 0.3) is 0 Å². The first-order valence-electron chi connectivity index (χ1n) is 8.89. The number of esters is 1. The van der Waals surface area contributed by atoms with Crippen LogP contribution < -0.4 is 0 Å². The number of cyclic esters (lactones) is 1. The molecule has 22 heavy (non-hydrogen) atoms. The summed E-state index contributed by atoms with van der Waals surface area (Å²) < 4.78 is 5.59. The zero-order chi connectivity index (χ0) is 16.5. The summed E-state index contributed by atoms with van der Waals surface area (Å²) in [6.45, 7) is 10.8. The number of hydrogen-bond acceptors (Lipinski definition) is 2. The normalized spacial score (nSPS) is 31.3. The van der Waals surface area contributed by atoms with Crippen LogP contribution in [0.5, 0.6) is 0 Å². The zero-order valence-electron chi connectivity index (χ0n) is 15.2. The second-order valence-electron chi connectivity index (χ2n) is 7.26. The predicted molar refractivity (Wildman–Crippen MR) is 93.7 cm³/mol. The summed E-state index contributed by atoms with van der Waals surface area (Å²) in [6.07, 6.45) is 11.6. The van der Waals surface area contributed by atoms with Gasteiger partial charge in [0.2, 0.25) is 0 Å². The number of carbonyl (C=O) groups is 1. The number of carbonyl (C=O) groups excluding carboxylic acids is 1. The average Bonchev–Trinajstić information content (AvgIpc) is 2.42. The molecule has 126 valence electrons. The standard InChI is InChI=1S/C20H34O2/c1-15(2)19-13-12-17(4)9-6-8-16(3)10-7-11-18(5)22-20(21)14-19/h9-10,15,18-19H,6-8,11-14H2,1-5H3/b16-10-,17-9-/t18?,19-/m1/s1. The van der Waals surface area contributed by atoms with Gasteiger partial charge in [0.05, 0.1) is 6.10 Å². The van der Waals surface area contributed by atoms with E-state index in [1.807, 2.05) is 6.92 Å². The zero-order valence-corrected chi connectivity index (χ0v) is 15.2. The molecular formula is C20H34O2. The van der Waals surface area contributed by atoms with Crippen LogP contribution in [-0.4, -0.2) is 12.1 Å². The van der Waals surface area contributed by atoms with Gasteiger partial charge in [0.15, 0.2) is 0 Å². The van der Waals surface area contributed by atoms with Gasteiger partial charge in [-0.1, -0.05) is 37.1 Å². The molecular weight excluding hydrogens is 272 g/mol. The third kappa shape index (κ3) is 7.82. The van der Waals surface area contributed by atoms with Gasteiger partial charge in [-0.3, -0.25) is 4.79 Å². The van der Waals surface area contributed by atoms with Crippen LogP contribution in [0.15, 0.2) is 23.3 Å². The molecule has 1 heterocycles. The Labute approximate surface area is 137 Å². The molecule has 1 aliphatic heterocycles. The smallest absolute Gasteiger partial charge is 0.306 e. The van der Waals surface area contributed by atoms with Crippen LogP contribution in [0.4, 0.5) is 0 Å². The largest absolute Gasteiger partial charge is 0.463 e. The third-order valence-electron chi connectivity index (χ3n) is 4.71. The molecule has 0 aromatic rings. The van der Waals surface area contributed by atoms with Crippen molar-refractivity contribution in [3.05, 3.63) is 23.3 Å². The molecule has 1 rings (SSSR count). The van der Waals surface area contributed by atoms with Crippen LogP contribution >= 0.6 is 0 Å². The van der Waals surface area contributed by atoms with Gasteiger partial charge < -0.3 is 4.74 Å². The van der Waals surface area contributed by atoms with Crippen molar-refractivity contribution >= 4 is 5.97 Å². The first kappa shape index (κ1) is 19.0. The number of ether oxygens (including phenoxy) is 1. The van der Waals surface area contributed by atoms with Crippen molar-refractivity contribution in [1.29, 1.82) is 0 Å². The second kappa shape index (κ2) is 9.86. The maximum absolute atomic E-state index is 12.1. The fourth-order valence-corrected chi connectivity index (χ4v) is 2.94.